The van der Waals surface area contributed by atoms with Crippen LogP contribution in [0.2, 0.25) is 0 Å². The van der Waals surface area contributed by atoms with Gasteiger partial charge in [-0.3, -0.25) is 14.7 Å². The number of fused-ring (bicyclic) bond motifs is 2. The number of nitrogens with one attached hydrogen (secondary N) is 2. The van der Waals surface area contributed by atoms with Gasteiger partial charge in [0.15, 0.2) is 11.5 Å². The van der Waals surface area contributed by atoms with Crippen LogP contribution in [0.3, 0.4) is 0 Å². The summed E-state index contributed by atoms with van der Waals surface area (Å²) >= 11 is 0. The maximum atomic E-state index is 13.6. The number of hydrogen-bond donors (Lipinski definition) is 3. The fourth-order valence-corrected chi connectivity index (χ4v) is 4.86. The Morgan fingerprint density at radius 1 is 1.14 bits per heavy atom. The topological polar surface area (TPSA) is 148 Å². The highest BCUT2D eigenvalue weighted by molar-refractivity contribution is 5.99. The van der Waals surface area contributed by atoms with Crippen LogP contribution in [0, 0.1) is 0 Å². The zero-order chi connectivity index (χ0) is 25.0. The average molecular weight is 486 g/mol. The van der Waals surface area contributed by atoms with E-state index in [0.717, 1.165) is 16.6 Å². The Balaban J connectivity index is 1.24. The molecule has 1 aromatic carbocycles. The first kappa shape index (κ1) is 22.0. The summed E-state index contributed by atoms with van der Waals surface area (Å²) in [5, 5.41) is 17.4. The third-order valence-corrected chi connectivity index (χ3v) is 7.17. The fraction of sp³-hybridized carbons (Fsp3) is 0.280. The van der Waals surface area contributed by atoms with E-state index in [2.05, 4.69) is 25.1 Å². The number of carboxylic acid groups (broad SMARTS) is 1. The van der Waals surface area contributed by atoms with Crippen LogP contribution in [0.15, 0.2) is 42.7 Å². The second-order valence-electron chi connectivity index (χ2n) is 9.27. The largest absolute Gasteiger partial charge is 0.478 e. The van der Waals surface area contributed by atoms with Crippen molar-refractivity contribution in [3.63, 3.8) is 0 Å². The summed E-state index contributed by atoms with van der Waals surface area (Å²) in [7, 11) is 1.68. The van der Waals surface area contributed by atoms with E-state index in [1.54, 1.807) is 16.8 Å². The number of aromatic carboxylic acids is 1. The lowest BCUT2D eigenvalue weighted by Gasteiger charge is -2.29. The molecule has 2 aliphatic rings. The summed E-state index contributed by atoms with van der Waals surface area (Å²) in [6.07, 6.45) is 4.41. The van der Waals surface area contributed by atoms with Gasteiger partial charge in [-0.1, -0.05) is 18.2 Å². The molecule has 0 unspecified atom stereocenters. The SMILES string of the molecule is CN(C(=O)c1n[nH]c2c1CN(C(=O)c1cc3ccccc3[nH]1)CC2)C1(c2ncc(C(=O)O)cn2)CC1. The van der Waals surface area contributed by atoms with Crippen LogP contribution in [0.5, 0.6) is 0 Å². The summed E-state index contributed by atoms with van der Waals surface area (Å²) in [5.41, 5.74) is 2.52. The van der Waals surface area contributed by atoms with Gasteiger partial charge in [0.25, 0.3) is 11.8 Å². The zero-order valence-corrected chi connectivity index (χ0v) is 19.5. The van der Waals surface area contributed by atoms with E-state index < -0.39 is 11.5 Å². The monoisotopic (exact) mass is 485 g/mol. The van der Waals surface area contributed by atoms with Gasteiger partial charge in [-0.2, -0.15) is 5.10 Å². The van der Waals surface area contributed by atoms with Crippen molar-refractivity contribution in [3.8, 4) is 0 Å². The van der Waals surface area contributed by atoms with Gasteiger partial charge < -0.3 is 19.9 Å². The van der Waals surface area contributed by atoms with E-state index in [0.29, 0.717) is 42.9 Å². The van der Waals surface area contributed by atoms with Crippen LogP contribution < -0.4 is 0 Å². The molecule has 1 aliphatic carbocycles. The zero-order valence-electron chi connectivity index (χ0n) is 19.5. The van der Waals surface area contributed by atoms with Crippen LogP contribution in [0.25, 0.3) is 10.9 Å². The number of rotatable bonds is 5. The van der Waals surface area contributed by atoms with Gasteiger partial charge in [0, 0.05) is 54.6 Å². The number of para-hydroxylation sites is 1. The molecular formula is C25H23N7O4. The molecule has 3 N–H and O–H groups in total. The highest BCUT2D eigenvalue weighted by Crippen LogP contribution is 2.49. The number of aromatic nitrogens is 5. The lowest BCUT2D eigenvalue weighted by atomic mass is 10.0. The second-order valence-corrected chi connectivity index (χ2v) is 9.27. The van der Waals surface area contributed by atoms with E-state index in [1.807, 2.05) is 30.3 Å². The highest BCUT2D eigenvalue weighted by atomic mass is 16.4. The predicted octanol–water partition coefficient (Wildman–Crippen LogP) is 2.34. The van der Waals surface area contributed by atoms with Gasteiger partial charge >= 0.3 is 5.97 Å². The summed E-state index contributed by atoms with van der Waals surface area (Å²) in [4.78, 5) is 52.9. The minimum absolute atomic E-state index is 0.00961. The minimum Gasteiger partial charge on any atom is -0.478 e. The first-order chi connectivity index (χ1) is 17.4. The van der Waals surface area contributed by atoms with Crippen molar-refractivity contribution in [1.82, 2.24) is 34.9 Å². The van der Waals surface area contributed by atoms with Crippen LogP contribution >= 0.6 is 0 Å². The van der Waals surface area contributed by atoms with Gasteiger partial charge in [-0.05, 0) is 25.0 Å². The lowest BCUT2D eigenvalue weighted by molar-refractivity contribution is 0.0670. The van der Waals surface area contributed by atoms with Crippen molar-refractivity contribution in [2.45, 2.75) is 31.3 Å². The van der Waals surface area contributed by atoms with Crippen LogP contribution in [0.4, 0.5) is 0 Å². The number of aromatic amines is 2. The molecule has 11 heteroatoms. The molecule has 1 fully saturated rings. The Morgan fingerprint density at radius 3 is 2.58 bits per heavy atom. The molecule has 0 atom stereocenters. The number of H-pyrrole nitrogens is 2. The minimum atomic E-state index is -1.11. The molecular weight excluding hydrogens is 462 g/mol. The Hall–Kier alpha value is -4.54. The summed E-state index contributed by atoms with van der Waals surface area (Å²) < 4.78 is 0. The first-order valence-corrected chi connectivity index (χ1v) is 11.6. The predicted molar refractivity (Wildman–Crippen MR) is 127 cm³/mol. The third kappa shape index (κ3) is 3.43. The normalized spacial score (nSPS) is 16.0. The molecule has 182 valence electrons. The average Bonchev–Trinajstić information content (AvgIpc) is 3.42. The van der Waals surface area contributed by atoms with Crippen LogP contribution in [-0.2, 0) is 18.5 Å². The molecule has 3 aromatic heterocycles. The second kappa shape index (κ2) is 8.01. The molecule has 1 aliphatic heterocycles. The van der Waals surface area contributed by atoms with Crippen LogP contribution in [-0.4, -0.2) is 71.4 Å². The number of nitrogens with zero attached hydrogens (tertiary/aromatic N) is 5. The Bertz CT molecular complexity index is 1480. The van der Waals surface area contributed by atoms with Gasteiger partial charge in [-0.15, -0.1) is 0 Å². The summed E-state index contributed by atoms with van der Waals surface area (Å²) in [5.74, 6) is -1.12. The lowest BCUT2D eigenvalue weighted by Crippen LogP contribution is -2.40. The number of hydrogen-bond acceptors (Lipinski definition) is 6. The molecule has 6 rings (SSSR count). The molecule has 0 spiro atoms. The summed E-state index contributed by atoms with van der Waals surface area (Å²) in [6.45, 7) is 0.784. The summed E-state index contributed by atoms with van der Waals surface area (Å²) in [6, 6.07) is 9.56. The van der Waals surface area contributed by atoms with E-state index >= 15 is 0 Å². The molecule has 36 heavy (non-hydrogen) atoms. The maximum Gasteiger partial charge on any atom is 0.338 e. The Labute approximate surface area is 205 Å². The maximum absolute atomic E-state index is 13.6. The first-order valence-electron chi connectivity index (χ1n) is 11.6. The van der Waals surface area contributed by atoms with Crippen molar-refractivity contribution >= 4 is 28.7 Å². The van der Waals surface area contributed by atoms with Crippen molar-refractivity contribution in [3.05, 3.63) is 76.8 Å². The number of benzene rings is 1. The Morgan fingerprint density at radius 2 is 1.89 bits per heavy atom. The molecule has 11 nitrogen and oxygen atoms in total. The molecule has 1 saturated carbocycles. The number of amides is 2. The van der Waals surface area contributed by atoms with Gasteiger partial charge in [0.1, 0.15) is 11.2 Å². The number of carboxylic acids is 1. The molecule has 0 bridgehead atoms. The van der Waals surface area contributed by atoms with Gasteiger partial charge in [0.2, 0.25) is 0 Å². The molecule has 0 saturated heterocycles. The van der Waals surface area contributed by atoms with Crippen molar-refractivity contribution in [2.24, 2.45) is 0 Å². The van der Waals surface area contributed by atoms with Gasteiger partial charge in [0.05, 0.1) is 12.1 Å². The third-order valence-electron chi connectivity index (χ3n) is 7.17. The van der Waals surface area contributed by atoms with E-state index in [1.165, 1.54) is 12.4 Å². The van der Waals surface area contributed by atoms with E-state index in [9.17, 15) is 14.4 Å². The fourth-order valence-electron chi connectivity index (χ4n) is 4.86. The standard InChI is InChI=1S/C25H23N7O4/c1-31(25(7-8-25)24-26-11-15(12-27-24)23(35)36)22(34)20-16-13-32(9-6-18(16)29-30-20)21(33)19-10-14-4-2-3-5-17(14)28-19/h2-5,10-12,28H,6-9,13H2,1H3,(H,29,30)(H,35,36). The molecule has 4 aromatic rings. The molecule has 0 radical (unpaired) electrons. The number of carbonyl (C=O) groups excluding carboxylic acids is 2. The smallest absolute Gasteiger partial charge is 0.338 e. The molecule has 4 heterocycles. The van der Waals surface area contributed by atoms with E-state index in [-0.39, 0.29) is 29.6 Å². The van der Waals surface area contributed by atoms with Gasteiger partial charge in [-0.25, -0.2) is 14.8 Å². The number of carbonyl (C=O) groups is 3. The molecule has 2 amide bonds. The highest BCUT2D eigenvalue weighted by Gasteiger charge is 2.53. The van der Waals surface area contributed by atoms with Crippen molar-refractivity contribution in [2.75, 3.05) is 13.6 Å². The van der Waals surface area contributed by atoms with Crippen LogP contribution in [0.1, 0.15) is 61.3 Å². The quantitative estimate of drug-likeness (QED) is 0.393. The Kier molecular flexibility index (Phi) is 4.88. The van der Waals surface area contributed by atoms with E-state index in [4.69, 9.17) is 5.11 Å². The van der Waals surface area contributed by atoms with Crippen molar-refractivity contribution in [1.29, 1.82) is 0 Å². The van der Waals surface area contributed by atoms with Crippen molar-refractivity contribution < 1.29 is 19.5 Å².